The van der Waals surface area contributed by atoms with Gasteiger partial charge in [0.25, 0.3) is 0 Å². The number of aliphatic carboxylic acids is 1. The SMILES string of the molecule is NC(=O)c1ccc(NC2(C(=O)O)CC2)cc1Br. The second-order valence-corrected chi connectivity index (χ2v) is 4.93. The van der Waals surface area contributed by atoms with Crippen LogP contribution in [0.2, 0.25) is 0 Å². The number of nitrogens with two attached hydrogens (primary N) is 1. The Kier molecular flexibility index (Phi) is 2.82. The van der Waals surface area contributed by atoms with Gasteiger partial charge in [-0.2, -0.15) is 0 Å². The molecule has 90 valence electrons. The lowest BCUT2D eigenvalue weighted by atomic mass is 10.1. The summed E-state index contributed by atoms with van der Waals surface area (Å²) in [5.74, 6) is -1.38. The molecule has 0 aliphatic heterocycles. The third-order valence-corrected chi connectivity index (χ3v) is 3.43. The van der Waals surface area contributed by atoms with Gasteiger partial charge in [0.1, 0.15) is 5.54 Å². The number of anilines is 1. The van der Waals surface area contributed by atoms with Crippen molar-refractivity contribution in [2.45, 2.75) is 18.4 Å². The van der Waals surface area contributed by atoms with Crippen molar-refractivity contribution in [3.05, 3.63) is 28.2 Å². The Morgan fingerprint density at radius 3 is 2.47 bits per heavy atom. The van der Waals surface area contributed by atoms with Crippen molar-refractivity contribution in [2.24, 2.45) is 5.73 Å². The Labute approximate surface area is 106 Å². The molecule has 1 aromatic carbocycles. The predicted octanol–water partition coefficient (Wildman–Crippen LogP) is 1.58. The summed E-state index contributed by atoms with van der Waals surface area (Å²) in [5.41, 5.74) is 5.35. The molecule has 0 bridgehead atoms. The number of amides is 1. The standard InChI is InChI=1S/C11H11BrN2O3/c12-8-5-6(1-2-7(8)9(13)15)14-11(3-4-11)10(16)17/h1-2,5,14H,3-4H2,(H2,13,15)(H,16,17). The number of carbonyl (C=O) groups is 2. The van der Waals surface area contributed by atoms with Gasteiger partial charge < -0.3 is 16.2 Å². The maximum atomic E-state index is 11.0. The van der Waals surface area contributed by atoms with Crippen LogP contribution >= 0.6 is 15.9 Å². The van der Waals surface area contributed by atoms with Gasteiger partial charge in [-0.3, -0.25) is 4.79 Å². The number of primary amides is 1. The molecule has 17 heavy (non-hydrogen) atoms. The van der Waals surface area contributed by atoms with Gasteiger partial charge in [-0.1, -0.05) is 0 Å². The van der Waals surface area contributed by atoms with Gasteiger partial charge in [-0.05, 0) is 47.0 Å². The summed E-state index contributed by atoms with van der Waals surface area (Å²) in [6, 6.07) is 4.86. The first-order valence-corrected chi connectivity index (χ1v) is 5.85. The number of carboxylic acids is 1. The number of hydrogen-bond acceptors (Lipinski definition) is 3. The van der Waals surface area contributed by atoms with Crippen LogP contribution in [-0.2, 0) is 4.79 Å². The molecule has 0 unspecified atom stereocenters. The minimum atomic E-state index is -0.854. The molecule has 2 rings (SSSR count). The fourth-order valence-electron chi connectivity index (χ4n) is 1.59. The lowest BCUT2D eigenvalue weighted by Gasteiger charge is -2.14. The zero-order valence-corrected chi connectivity index (χ0v) is 10.5. The van der Waals surface area contributed by atoms with Crippen LogP contribution in [0.4, 0.5) is 5.69 Å². The summed E-state index contributed by atoms with van der Waals surface area (Å²) >= 11 is 3.22. The van der Waals surface area contributed by atoms with Crippen LogP contribution in [0.25, 0.3) is 0 Å². The molecule has 0 radical (unpaired) electrons. The van der Waals surface area contributed by atoms with Gasteiger partial charge >= 0.3 is 5.97 Å². The van der Waals surface area contributed by atoms with Gasteiger partial charge in [0.15, 0.2) is 0 Å². The third kappa shape index (κ3) is 2.26. The maximum absolute atomic E-state index is 11.0. The zero-order valence-electron chi connectivity index (χ0n) is 8.87. The molecule has 0 heterocycles. The van der Waals surface area contributed by atoms with Crippen LogP contribution in [0.1, 0.15) is 23.2 Å². The summed E-state index contributed by atoms with van der Waals surface area (Å²) in [6.45, 7) is 0. The van der Waals surface area contributed by atoms with Crippen LogP contribution in [0.3, 0.4) is 0 Å². The molecular weight excluding hydrogens is 288 g/mol. The van der Waals surface area contributed by atoms with E-state index in [9.17, 15) is 9.59 Å². The first-order chi connectivity index (χ1) is 7.94. The largest absolute Gasteiger partial charge is 0.480 e. The van der Waals surface area contributed by atoms with Crippen LogP contribution in [0.5, 0.6) is 0 Å². The highest BCUT2D eigenvalue weighted by Gasteiger charge is 2.50. The molecule has 1 aliphatic rings. The van der Waals surface area contributed by atoms with Gasteiger partial charge in [0.2, 0.25) is 5.91 Å². The molecule has 0 atom stereocenters. The molecule has 1 fully saturated rings. The number of nitrogens with one attached hydrogen (secondary N) is 1. The molecule has 5 nitrogen and oxygen atoms in total. The molecule has 1 aliphatic carbocycles. The number of carbonyl (C=O) groups excluding carboxylic acids is 1. The second kappa shape index (κ2) is 4.03. The Bertz CT molecular complexity index is 497. The Morgan fingerprint density at radius 1 is 1.41 bits per heavy atom. The fourth-order valence-corrected chi connectivity index (χ4v) is 2.16. The predicted molar refractivity (Wildman–Crippen MR) is 65.9 cm³/mol. The van der Waals surface area contributed by atoms with E-state index in [1.807, 2.05) is 0 Å². The van der Waals surface area contributed by atoms with E-state index in [4.69, 9.17) is 10.8 Å². The summed E-state index contributed by atoms with van der Waals surface area (Å²) in [7, 11) is 0. The fraction of sp³-hybridized carbons (Fsp3) is 0.273. The number of halogens is 1. The second-order valence-electron chi connectivity index (χ2n) is 4.07. The summed E-state index contributed by atoms with van der Waals surface area (Å²) < 4.78 is 0.552. The van der Waals surface area contributed by atoms with Gasteiger partial charge in [0, 0.05) is 10.2 Å². The number of benzene rings is 1. The van der Waals surface area contributed by atoms with Crippen molar-refractivity contribution in [1.82, 2.24) is 0 Å². The average Bonchev–Trinajstić information content (AvgIpc) is 2.98. The number of carboxylic acid groups (broad SMARTS) is 1. The van der Waals surface area contributed by atoms with E-state index < -0.39 is 17.4 Å². The summed E-state index contributed by atoms with van der Waals surface area (Å²) in [6.07, 6.45) is 1.22. The molecule has 0 aromatic heterocycles. The lowest BCUT2D eigenvalue weighted by Crippen LogP contribution is -2.31. The first-order valence-electron chi connectivity index (χ1n) is 5.05. The highest BCUT2D eigenvalue weighted by atomic mass is 79.9. The minimum Gasteiger partial charge on any atom is -0.480 e. The third-order valence-electron chi connectivity index (χ3n) is 2.78. The first kappa shape index (κ1) is 11.9. The highest BCUT2D eigenvalue weighted by molar-refractivity contribution is 9.10. The quantitative estimate of drug-likeness (QED) is 0.787. The van der Waals surface area contributed by atoms with Gasteiger partial charge in [-0.25, -0.2) is 4.79 Å². The van der Waals surface area contributed by atoms with E-state index in [0.717, 1.165) is 0 Å². The van der Waals surface area contributed by atoms with E-state index in [2.05, 4.69) is 21.2 Å². The highest BCUT2D eigenvalue weighted by Crippen LogP contribution is 2.39. The van der Waals surface area contributed by atoms with Gasteiger partial charge in [0.05, 0.1) is 5.56 Å². The monoisotopic (exact) mass is 298 g/mol. The average molecular weight is 299 g/mol. The van der Waals surface area contributed by atoms with Gasteiger partial charge in [-0.15, -0.1) is 0 Å². The molecule has 4 N–H and O–H groups in total. The van der Waals surface area contributed by atoms with E-state index in [0.29, 0.717) is 28.6 Å². The van der Waals surface area contributed by atoms with E-state index in [-0.39, 0.29) is 0 Å². The van der Waals surface area contributed by atoms with Crippen LogP contribution in [-0.4, -0.2) is 22.5 Å². The lowest BCUT2D eigenvalue weighted by molar-refractivity contribution is -0.138. The molecule has 1 amide bonds. The van der Waals surface area contributed by atoms with Crippen molar-refractivity contribution < 1.29 is 14.7 Å². The van der Waals surface area contributed by atoms with E-state index in [1.54, 1.807) is 18.2 Å². The normalized spacial score (nSPS) is 16.3. The van der Waals surface area contributed by atoms with E-state index in [1.165, 1.54) is 0 Å². The molecule has 1 aromatic rings. The zero-order chi connectivity index (χ0) is 12.6. The minimum absolute atomic E-state index is 0.371. The van der Waals surface area contributed by atoms with Crippen molar-refractivity contribution >= 4 is 33.5 Å². The molecule has 0 spiro atoms. The number of rotatable bonds is 4. The molecule has 1 saturated carbocycles. The van der Waals surface area contributed by atoms with Crippen LogP contribution in [0.15, 0.2) is 22.7 Å². The molecular formula is C11H11BrN2O3. The number of hydrogen-bond donors (Lipinski definition) is 3. The Balaban J connectivity index is 2.22. The Hall–Kier alpha value is -1.56. The van der Waals surface area contributed by atoms with Crippen LogP contribution < -0.4 is 11.1 Å². The van der Waals surface area contributed by atoms with Crippen molar-refractivity contribution in [3.8, 4) is 0 Å². The summed E-state index contributed by atoms with van der Waals surface area (Å²) in [5, 5.41) is 12.0. The smallest absolute Gasteiger partial charge is 0.329 e. The maximum Gasteiger partial charge on any atom is 0.329 e. The van der Waals surface area contributed by atoms with Crippen molar-refractivity contribution in [2.75, 3.05) is 5.32 Å². The summed E-state index contributed by atoms with van der Waals surface area (Å²) in [4.78, 5) is 22.0. The van der Waals surface area contributed by atoms with Crippen molar-refractivity contribution in [1.29, 1.82) is 0 Å². The van der Waals surface area contributed by atoms with Crippen molar-refractivity contribution in [3.63, 3.8) is 0 Å². The molecule has 0 saturated heterocycles. The topological polar surface area (TPSA) is 92.4 Å². The Morgan fingerprint density at radius 2 is 2.06 bits per heavy atom. The van der Waals surface area contributed by atoms with Crippen LogP contribution in [0, 0.1) is 0 Å². The van der Waals surface area contributed by atoms with E-state index >= 15 is 0 Å². The molecule has 6 heteroatoms.